The van der Waals surface area contributed by atoms with Gasteiger partial charge in [0.1, 0.15) is 5.69 Å². The van der Waals surface area contributed by atoms with Gasteiger partial charge in [-0.1, -0.05) is 6.07 Å². The number of aryl methyl sites for hydroxylation is 1. The Labute approximate surface area is 157 Å². The highest BCUT2D eigenvalue weighted by molar-refractivity contribution is 7.10. The maximum Gasteiger partial charge on any atom is 0.268 e. The lowest BCUT2D eigenvalue weighted by atomic mass is 10.1. The van der Waals surface area contributed by atoms with Crippen molar-refractivity contribution in [3.8, 4) is 0 Å². The van der Waals surface area contributed by atoms with Crippen molar-refractivity contribution in [3.05, 3.63) is 44.9 Å². The summed E-state index contributed by atoms with van der Waals surface area (Å²) in [6.45, 7) is 8.82. The number of nitrogens with one attached hydrogen (secondary N) is 2. The summed E-state index contributed by atoms with van der Waals surface area (Å²) in [6, 6.07) is 4.27. The number of hydrogen-bond donors (Lipinski definition) is 2. The van der Waals surface area contributed by atoms with Crippen LogP contribution in [0.4, 0.5) is 0 Å². The van der Waals surface area contributed by atoms with Crippen LogP contribution in [0, 0.1) is 13.8 Å². The second-order valence-electron chi connectivity index (χ2n) is 6.57. The van der Waals surface area contributed by atoms with Crippen LogP contribution < -0.4 is 5.32 Å². The van der Waals surface area contributed by atoms with Crippen molar-refractivity contribution < 1.29 is 14.3 Å². The molecule has 0 unspecified atom stereocenters. The maximum absolute atomic E-state index is 12.7. The number of rotatable bonds is 6. The molecular formula is C19H25N3O3S. The Bertz CT molecular complexity index is 776. The summed E-state index contributed by atoms with van der Waals surface area (Å²) >= 11 is 1.70. The zero-order chi connectivity index (χ0) is 18.7. The monoisotopic (exact) mass is 375 g/mol. The third kappa shape index (κ3) is 3.90. The van der Waals surface area contributed by atoms with Crippen LogP contribution in [0.1, 0.15) is 49.9 Å². The van der Waals surface area contributed by atoms with Crippen LogP contribution >= 0.6 is 11.3 Å². The van der Waals surface area contributed by atoms with Crippen LogP contribution in [0.25, 0.3) is 0 Å². The first-order chi connectivity index (χ1) is 12.5. The normalized spacial score (nSPS) is 16.4. The average Bonchev–Trinajstić information content (AvgIpc) is 3.24. The van der Waals surface area contributed by atoms with Gasteiger partial charge in [-0.2, -0.15) is 0 Å². The number of nitrogens with zero attached hydrogens (tertiary/aromatic N) is 1. The average molecular weight is 375 g/mol. The molecule has 1 aliphatic rings. The summed E-state index contributed by atoms with van der Waals surface area (Å²) in [5.41, 5.74) is 2.53. The second-order valence-corrected chi connectivity index (χ2v) is 7.55. The topological polar surface area (TPSA) is 74.4 Å². The van der Waals surface area contributed by atoms with E-state index < -0.39 is 0 Å². The Morgan fingerprint density at radius 2 is 2.08 bits per heavy atom. The van der Waals surface area contributed by atoms with Gasteiger partial charge < -0.3 is 15.0 Å². The van der Waals surface area contributed by atoms with Crippen LogP contribution in [0.5, 0.6) is 0 Å². The van der Waals surface area contributed by atoms with Gasteiger partial charge in [0.25, 0.3) is 5.91 Å². The third-order valence-electron chi connectivity index (χ3n) is 4.83. The van der Waals surface area contributed by atoms with Gasteiger partial charge in [0.15, 0.2) is 5.78 Å². The summed E-state index contributed by atoms with van der Waals surface area (Å²) in [6.07, 6.45) is 0. The van der Waals surface area contributed by atoms with E-state index in [1.165, 1.54) is 11.8 Å². The summed E-state index contributed by atoms with van der Waals surface area (Å²) in [5.74, 6) is -0.201. The van der Waals surface area contributed by atoms with Gasteiger partial charge in [-0.25, -0.2) is 0 Å². The van der Waals surface area contributed by atoms with Gasteiger partial charge in [0, 0.05) is 35.8 Å². The minimum absolute atomic E-state index is 0.0277. The first-order valence-corrected chi connectivity index (χ1v) is 9.70. The SMILES string of the molecule is CC(=O)c1c(C)[nH]c(C(=O)NC[C@H](c2cccs2)N2CCOCC2)c1C. The quantitative estimate of drug-likeness (QED) is 0.762. The molecule has 1 saturated heterocycles. The summed E-state index contributed by atoms with van der Waals surface area (Å²) in [7, 11) is 0. The van der Waals surface area contributed by atoms with Gasteiger partial charge in [-0.15, -0.1) is 11.3 Å². The predicted octanol–water partition coefficient (Wildman–Crippen LogP) is 2.70. The molecule has 2 aromatic heterocycles. The summed E-state index contributed by atoms with van der Waals surface area (Å²) < 4.78 is 5.45. The molecular weight excluding hydrogens is 350 g/mol. The van der Waals surface area contributed by atoms with E-state index >= 15 is 0 Å². The Morgan fingerprint density at radius 3 is 2.65 bits per heavy atom. The van der Waals surface area contributed by atoms with Gasteiger partial charge in [0.2, 0.25) is 0 Å². The van der Waals surface area contributed by atoms with Crippen LogP contribution in [0.3, 0.4) is 0 Å². The van der Waals surface area contributed by atoms with E-state index in [1.807, 2.05) is 19.9 Å². The molecule has 1 amide bonds. The van der Waals surface area contributed by atoms with Crippen LogP contribution in [-0.4, -0.2) is 54.4 Å². The fourth-order valence-corrected chi connectivity index (χ4v) is 4.42. The molecule has 0 saturated carbocycles. The molecule has 3 rings (SSSR count). The molecule has 1 aliphatic heterocycles. The largest absolute Gasteiger partial charge is 0.379 e. The van der Waals surface area contributed by atoms with Gasteiger partial charge in [0.05, 0.1) is 19.3 Å². The van der Waals surface area contributed by atoms with Crippen molar-refractivity contribution in [2.75, 3.05) is 32.8 Å². The van der Waals surface area contributed by atoms with Gasteiger partial charge in [-0.05, 0) is 37.8 Å². The number of ketones is 1. The third-order valence-corrected chi connectivity index (χ3v) is 5.80. The maximum atomic E-state index is 12.7. The van der Waals surface area contributed by atoms with Crippen molar-refractivity contribution in [1.29, 1.82) is 0 Å². The molecule has 1 atom stereocenters. The van der Waals surface area contributed by atoms with Crippen LogP contribution in [0.2, 0.25) is 0 Å². The Kier molecular flexibility index (Phi) is 5.90. The van der Waals surface area contributed by atoms with E-state index in [1.54, 1.807) is 11.3 Å². The molecule has 6 nitrogen and oxygen atoms in total. The molecule has 2 aromatic rings. The van der Waals surface area contributed by atoms with E-state index in [0.29, 0.717) is 36.6 Å². The van der Waals surface area contributed by atoms with Crippen molar-refractivity contribution in [1.82, 2.24) is 15.2 Å². The number of carbonyl (C=O) groups excluding carboxylic acids is 2. The molecule has 0 aliphatic carbocycles. The molecule has 26 heavy (non-hydrogen) atoms. The lowest BCUT2D eigenvalue weighted by Gasteiger charge is -2.34. The van der Waals surface area contributed by atoms with Crippen LogP contribution in [-0.2, 0) is 4.74 Å². The first kappa shape index (κ1) is 18.8. The fourth-order valence-electron chi connectivity index (χ4n) is 3.56. The smallest absolute Gasteiger partial charge is 0.268 e. The van der Waals surface area contributed by atoms with E-state index in [4.69, 9.17) is 4.74 Å². The second kappa shape index (κ2) is 8.16. The van der Waals surface area contributed by atoms with Gasteiger partial charge >= 0.3 is 0 Å². The lowest BCUT2D eigenvalue weighted by Crippen LogP contribution is -2.43. The molecule has 0 spiro atoms. The number of carbonyl (C=O) groups is 2. The number of Topliss-reactive ketones (excluding diaryl/α,β-unsaturated/α-hetero) is 1. The van der Waals surface area contributed by atoms with Crippen molar-refractivity contribution in [2.45, 2.75) is 26.8 Å². The van der Waals surface area contributed by atoms with Crippen LogP contribution in [0.15, 0.2) is 17.5 Å². The zero-order valence-corrected chi connectivity index (χ0v) is 16.2. The summed E-state index contributed by atoms with van der Waals surface area (Å²) in [4.78, 5) is 31.2. The highest BCUT2D eigenvalue weighted by atomic mass is 32.1. The molecule has 0 radical (unpaired) electrons. The number of morpholine rings is 1. The minimum Gasteiger partial charge on any atom is -0.379 e. The number of aromatic nitrogens is 1. The number of aromatic amines is 1. The lowest BCUT2D eigenvalue weighted by molar-refractivity contribution is 0.0169. The Balaban J connectivity index is 1.74. The molecule has 140 valence electrons. The highest BCUT2D eigenvalue weighted by Gasteiger charge is 2.25. The Hall–Kier alpha value is -1.96. The van der Waals surface area contributed by atoms with E-state index in [9.17, 15) is 9.59 Å². The van der Waals surface area contributed by atoms with E-state index in [0.717, 1.165) is 18.8 Å². The highest BCUT2D eigenvalue weighted by Crippen LogP contribution is 2.26. The van der Waals surface area contributed by atoms with Crippen molar-refractivity contribution in [2.24, 2.45) is 0 Å². The van der Waals surface area contributed by atoms with E-state index in [2.05, 4.69) is 26.6 Å². The number of thiophene rings is 1. The summed E-state index contributed by atoms with van der Waals surface area (Å²) in [5, 5.41) is 5.11. The minimum atomic E-state index is -0.173. The fraction of sp³-hybridized carbons (Fsp3) is 0.474. The number of amides is 1. The Morgan fingerprint density at radius 1 is 1.35 bits per heavy atom. The molecule has 3 heterocycles. The van der Waals surface area contributed by atoms with Crippen molar-refractivity contribution >= 4 is 23.0 Å². The predicted molar refractivity (Wildman–Crippen MR) is 102 cm³/mol. The van der Waals surface area contributed by atoms with E-state index in [-0.39, 0.29) is 17.7 Å². The van der Waals surface area contributed by atoms with Gasteiger partial charge in [-0.3, -0.25) is 14.5 Å². The molecule has 2 N–H and O–H groups in total. The van der Waals surface area contributed by atoms with Crippen molar-refractivity contribution in [3.63, 3.8) is 0 Å². The standard InChI is InChI=1S/C19H25N3O3S/c1-12-17(14(3)23)13(2)21-18(12)19(24)20-11-15(16-5-4-10-26-16)22-6-8-25-9-7-22/h4-5,10,15,21H,6-9,11H2,1-3H3,(H,20,24)/t15-/m1/s1. The molecule has 0 bridgehead atoms. The first-order valence-electron chi connectivity index (χ1n) is 8.82. The molecule has 0 aromatic carbocycles. The molecule has 1 fully saturated rings. The number of hydrogen-bond acceptors (Lipinski definition) is 5. The molecule has 7 heteroatoms. The zero-order valence-electron chi connectivity index (χ0n) is 15.4. The number of ether oxygens (including phenoxy) is 1. The number of H-pyrrole nitrogens is 1.